The van der Waals surface area contributed by atoms with Gasteiger partial charge in [0.05, 0.1) is 7.11 Å². The summed E-state index contributed by atoms with van der Waals surface area (Å²) in [5, 5.41) is 22.3. The second kappa shape index (κ2) is 9.84. The Bertz CT molecular complexity index is 881. The van der Waals surface area contributed by atoms with Crippen molar-refractivity contribution >= 4 is 12.0 Å². The van der Waals surface area contributed by atoms with Crippen LogP contribution >= 0.6 is 0 Å². The van der Waals surface area contributed by atoms with Crippen LogP contribution in [0.25, 0.3) is 17.2 Å². The van der Waals surface area contributed by atoms with Crippen LogP contribution in [0.2, 0.25) is 0 Å². The summed E-state index contributed by atoms with van der Waals surface area (Å²) in [6.07, 6.45) is 1.88. The lowest BCUT2D eigenvalue weighted by Crippen LogP contribution is -2.70. The molecule has 3 atom stereocenters. The number of hydrogen-bond donors (Lipinski definition) is 4. The summed E-state index contributed by atoms with van der Waals surface area (Å²) in [4.78, 5) is 12.1. The number of ether oxygens (including phenoxy) is 1. The highest BCUT2D eigenvalue weighted by Gasteiger charge is 2.52. The highest BCUT2D eigenvalue weighted by Crippen LogP contribution is 2.28. The number of hydroxylamine groups is 1. The second-order valence-electron chi connectivity index (χ2n) is 7.47. The standard InChI is InChI=1S/C23H29FN2O4/c1-16(24)23(3,28)22(2,21(27)26-29)25-14-6-7-17-10-12-18(13-11-17)19-8-5-9-20(15-19)30-4/h5-13,15-16,25,28-29H,14H2,1-4H3,(H,26,27). The molecule has 0 saturated carbocycles. The van der Waals surface area contributed by atoms with Crippen molar-refractivity contribution in [3.05, 3.63) is 60.2 Å². The highest BCUT2D eigenvalue weighted by atomic mass is 19.1. The van der Waals surface area contributed by atoms with E-state index in [4.69, 9.17) is 9.94 Å². The van der Waals surface area contributed by atoms with Gasteiger partial charge in [0.2, 0.25) is 0 Å². The van der Waals surface area contributed by atoms with Gasteiger partial charge < -0.3 is 9.84 Å². The molecule has 2 aromatic rings. The number of halogens is 1. The van der Waals surface area contributed by atoms with Crippen LogP contribution in [0.1, 0.15) is 26.3 Å². The van der Waals surface area contributed by atoms with Gasteiger partial charge in [-0.2, -0.15) is 0 Å². The molecule has 0 aliphatic rings. The first-order chi connectivity index (χ1) is 14.2. The van der Waals surface area contributed by atoms with E-state index in [1.165, 1.54) is 19.3 Å². The van der Waals surface area contributed by atoms with Gasteiger partial charge >= 0.3 is 0 Å². The molecule has 0 bridgehead atoms. The molecule has 0 fully saturated rings. The summed E-state index contributed by atoms with van der Waals surface area (Å²) in [5.74, 6) is -0.135. The Hall–Kier alpha value is -2.74. The van der Waals surface area contributed by atoms with Crippen LogP contribution in [-0.2, 0) is 4.79 Å². The average molecular weight is 416 g/mol. The summed E-state index contributed by atoms with van der Waals surface area (Å²) in [7, 11) is 1.63. The van der Waals surface area contributed by atoms with E-state index >= 15 is 0 Å². The van der Waals surface area contributed by atoms with Crippen molar-refractivity contribution in [2.45, 2.75) is 38.1 Å². The maximum absolute atomic E-state index is 13.9. The van der Waals surface area contributed by atoms with Gasteiger partial charge in [-0.3, -0.25) is 15.3 Å². The van der Waals surface area contributed by atoms with Crippen LogP contribution < -0.4 is 15.5 Å². The lowest BCUT2D eigenvalue weighted by atomic mass is 9.78. The molecule has 0 radical (unpaired) electrons. The molecule has 0 spiro atoms. The van der Waals surface area contributed by atoms with E-state index in [0.29, 0.717) is 0 Å². The average Bonchev–Trinajstić information content (AvgIpc) is 2.76. The topological polar surface area (TPSA) is 90.8 Å². The zero-order valence-corrected chi connectivity index (χ0v) is 17.6. The number of carbonyl (C=O) groups excluding carboxylic acids is 1. The number of aliphatic hydroxyl groups is 1. The van der Waals surface area contributed by atoms with Crippen molar-refractivity contribution in [2.24, 2.45) is 0 Å². The predicted molar refractivity (Wildman–Crippen MR) is 115 cm³/mol. The highest BCUT2D eigenvalue weighted by molar-refractivity contribution is 5.86. The maximum Gasteiger partial charge on any atom is 0.266 e. The van der Waals surface area contributed by atoms with Gasteiger partial charge in [0.25, 0.3) is 5.91 Å². The van der Waals surface area contributed by atoms with Crippen molar-refractivity contribution in [1.29, 1.82) is 0 Å². The van der Waals surface area contributed by atoms with E-state index in [-0.39, 0.29) is 6.54 Å². The molecule has 0 aliphatic heterocycles. The van der Waals surface area contributed by atoms with Crippen molar-refractivity contribution in [2.75, 3.05) is 13.7 Å². The predicted octanol–water partition coefficient (Wildman–Crippen LogP) is 3.34. The lowest BCUT2D eigenvalue weighted by molar-refractivity contribution is -0.153. The number of amides is 1. The molecule has 162 valence electrons. The fourth-order valence-electron chi connectivity index (χ4n) is 3.05. The van der Waals surface area contributed by atoms with Gasteiger partial charge in [-0.15, -0.1) is 0 Å². The molecule has 6 nitrogen and oxygen atoms in total. The van der Waals surface area contributed by atoms with Crippen LogP contribution in [0.4, 0.5) is 4.39 Å². The zero-order valence-electron chi connectivity index (χ0n) is 17.6. The number of alkyl halides is 1. The van der Waals surface area contributed by atoms with E-state index in [1.54, 1.807) is 13.2 Å². The van der Waals surface area contributed by atoms with Crippen LogP contribution in [0.5, 0.6) is 5.75 Å². The summed E-state index contributed by atoms with van der Waals surface area (Å²) < 4.78 is 19.1. The Kier molecular flexibility index (Phi) is 7.72. The lowest BCUT2D eigenvalue weighted by Gasteiger charge is -2.42. The smallest absolute Gasteiger partial charge is 0.266 e. The fraction of sp³-hybridized carbons (Fsp3) is 0.348. The minimum absolute atomic E-state index is 0.171. The first-order valence-electron chi connectivity index (χ1n) is 9.62. The first-order valence-corrected chi connectivity index (χ1v) is 9.62. The minimum Gasteiger partial charge on any atom is -0.497 e. The van der Waals surface area contributed by atoms with Gasteiger partial charge in [0, 0.05) is 6.54 Å². The summed E-state index contributed by atoms with van der Waals surface area (Å²) >= 11 is 0. The molecule has 2 aromatic carbocycles. The molecule has 0 aliphatic carbocycles. The third-order valence-corrected chi connectivity index (χ3v) is 5.54. The van der Waals surface area contributed by atoms with Gasteiger partial charge in [-0.25, -0.2) is 9.87 Å². The van der Waals surface area contributed by atoms with Gasteiger partial charge in [0.1, 0.15) is 23.1 Å². The summed E-state index contributed by atoms with van der Waals surface area (Å²) in [6.45, 7) is 3.88. The number of rotatable bonds is 9. The molecular formula is C23H29FN2O4. The molecule has 1 amide bonds. The quantitative estimate of drug-likeness (QED) is 0.372. The fourth-order valence-corrected chi connectivity index (χ4v) is 3.05. The molecule has 4 N–H and O–H groups in total. The minimum atomic E-state index is -2.04. The van der Waals surface area contributed by atoms with E-state index in [2.05, 4.69) is 5.32 Å². The Labute approximate surface area is 176 Å². The Balaban J connectivity index is 2.08. The number of hydrogen-bond acceptors (Lipinski definition) is 5. The molecule has 2 rings (SSSR count). The Morgan fingerprint density at radius 1 is 1.20 bits per heavy atom. The summed E-state index contributed by atoms with van der Waals surface area (Å²) in [6, 6.07) is 15.7. The largest absolute Gasteiger partial charge is 0.497 e. The number of carbonyl (C=O) groups is 1. The van der Waals surface area contributed by atoms with Crippen molar-refractivity contribution < 1.29 is 24.2 Å². The van der Waals surface area contributed by atoms with Crippen molar-refractivity contribution in [1.82, 2.24) is 10.8 Å². The Morgan fingerprint density at radius 2 is 1.87 bits per heavy atom. The molecule has 30 heavy (non-hydrogen) atoms. The monoisotopic (exact) mass is 416 g/mol. The maximum atomic E-state index is 13.9. The van der Waals surface area contributed by atoms with Gasteiger partial charge in [-0.1, -0.05) is 48.6 Å². The molecule has 0 heterocycles. The van der Waals surface area contributed by atoms with Gasteiger partial charge in [0.15, 0.2) is 0 Å². The van der Waals surface area contributed by atoms with E-state index in [0.717, 1.165) is 29.4 Å². The van der Waals surface area contributed by atoms with E-state index in [9.17, 15) is 14.3 Å². The van der Waals surface area contributed by atoms with Crippen molar-refractivity contribution in [3.63, 3.8) is 0 Å². The van der Waals surface area contributed by atoms with Crippen LogP contribution in [0.15, 0.2) is 54.6 Å². The zero-order chi connectivity index (χ0) is 22.4. The molecule has 7 heteroatoms. The van der Waals surface area contributed by atoms with Gasteiger partial charge in [-0.05, 0) is 49.6 Å². The molecule has 3 unspecified atom stereocenters. The van der Waals surface area contributed by atoms with Crippen LogP contribution in [-0.4, -0.2) is 47.2 Å². The normalized spacial score (nSPS) is 16.5. The Morgan fingerprint density at radius 3 is 2.43 bits per heavy atom. The first kappa shape index (κ1) is 23.5. The van der Waals surface area contributed by atoms with E-state index in [1.807, 2.05) is 54.6 Å². The van der Waals surface area contributed by atoms with Crippen LogP contribution in [0.3, 0.4) is 0 Å². The number of methoxy groups -OCH3 is 1. The molecule has 0 saturated heterocycles. The summed E-state index contributed by atoms with van der Waals surface area (Å²) in [5.41, 5.74) is 0.739. The molecule has 0 aromatic heterocycles. The number of benzene rings is 2. The third kappa shape index (κ3) is 5.05. The van der Waals surface area contributed by atoms with Crippen molar-refractivity contribution in [3.8, 4) is 16.9 Å². The van der Waals surface area contributed by atoms with Crippen LogP contribution in [0, 0.1) is 0 Å². The second-order valence-corrected chi connectivity index (χ2v) is 7.47. The SMILES string of the molecule is COc1cccc(-c2ccc(C=CCNC(C)(C(=O)NO)C(C)(O)C(C)F)cc2)c1. The molecular weight excluding hydrogens is 387 g/mol. The van der Waals surface area contributed by atoms with E-state index < -0.39 is 23.2 Å². The third-order valence-electron chi connectivity index (χ3n) is 5.54. The number of nitrogens with one attached hydrogen (secondary N) is 2.